The van der Waals surface area contributed by atoms with E-state index < -0.39 is 10.9 Å². The van der Waals surface area contributed by atoms with Crippen molar-refractivity contribution in [2.75, 3.05) is 0 Å². The van der Waals surface area contributed by atoms with Crippen LogP contribution in [-0.4, -0.2) is 10.9 Å². The number of hydrogen-bond donors (Lipinski definition) is 0. The van der Waals surface area contributed by atoms with Gasteiger partial charge in [0.2, 0.25) is 15.9 Å². The highest BCUT2D eigenvalue weighted by Crippen LogP contribution is 2.67. The van der Waals surface area contributed by atoms with Crippen molar-refractivity contribution in [3.63, 3.8) is 0 Å². The summed E-state index contributed by atoms with van der Waals surface area (Å²) >= 11 is 0. The second-order valence-corrected chi connectivity index (χ2v) is 17.0. The molecule has 4 saturated carbocycles. The Morgan fingerprint density at radius 2 is 1.08 bits per heavy atom. The molecule has 0 aromatic rings. The predicted octanol–water partition coefficient (Wildman–Crippen LogP) is 9.08. The minimum absolute atomic E-state index is 0.0281. The molecular weight excluding hydrogens is 464 g/mol. The molecule has 0 radical (unpaired) electrons. The second kappa shape index (κ2) is 9.16. The fourth-order valence-corrected chi connectivity index (χ4v) is 11.4. The molecule has 0 aromatic heterocycles. The average molecular weight is 518 g/mol. The lowest BCUT2D eigenvalue weighted by atomic mass is 9.49. The summed E-state index contributed by atoms with van der Waals surface area (Å²) in [7, 11) is 0. The molecule has 4 rings (SSSR count). The van der Waals surface area contributed by atoms with Crippen LogP contribution in [-0.2, 0) is 0 Å². The minimum Gasteiger partial charge on any atom is -0.0854 e. The molecule has 0 aromatic carbocycles. The van der Waals surface area contributed by atoms with Gasteiger partial charge in [-0.15, -0.1) is 0 Å². The Hall–Kier alpha value is -1.24. The molecule has 0 spiro atoms. The summed E-state index contributed by atoms with van der Waals surface area (Å²) in [4.78, 5) is 34.2. The van der Waals surface area contributed by atoms with Crippen LogP contribution in [0, 0.1) is 83.7 Å². The molecule has 0 heterocycles. The van der Waals surface area contributed by atoms with Crippen molar-refractivity contribution in [2.24, 2.45) is 84.9 Å². The molecule has 210 valence electrons. The number of nitrogens with zero attached hydrogens (tertiary/aromatic N) is 4. The third-order valence-corrected chi connectivity index (χ3v) is 11.7. The molecule has 0 aliphatic heterocycles. The lowest BCUT2D eigenvalue weighted by molar-refractivity contribution is -0.982. The first-order valence-corrected chi connectivity index (χ1v) is 14.9. The maximum absolute atomic E-state index is 11.9. The topological polar surface area (TPSA) is 88.3 Å². The first-order chi connectivity index (χ1) is 16.9. The number of quaternary nitrogens is 1. The molecule has 9 atom stereocenters. The molecule has 7 nitrogen and oxygen atoms in total. The minimum atomic E-state index is -1.42. The van der Waals surface area contributed by atoms with Crippen LogP contribution in [0.1, 0.15) is 114 Å². The van der Waals surface area contributed by atoms with Crippen LogP contribution >= 0.6 is 0 Å². The standard InChI is InChI=1S/C30H53N4O3/c1-27(2,3)22-16-20-13-14-21(26(20)34(31-35,32-36)33-37)25(22)30(9,10)17-29(7,8)24-19-12-11-18(15-19)23(24)28(4,5)6/h18-26H,11-17H2,1-10H3/q+1. The van der Waals surface area contributed by atoms with Crippen LogP contribution in [0.4, 0.5) is 0 Å². The van der Waals surface area contributed by atoms with Gasteiger partial charge in [0.15, 0.2) is 10.9 Å². The lowest BCUT2D eigenvalue weighted by Crippen LogP contribution is -2.58. The highest BCUT2D eigenvalue weighted by Gasteiger charge is 2.67. The van der Waals surface area contributed by atoms with Gasteiger partial charge in [-0.2, -0.15) is 0 Å². The fourth-order valence-electron chi connectivity index (χ4n) is 11.4. The van der Waals surface area contributed by atoms with Crippen molar-refractivity contribution < 1.29 is 4.81 Å². The monoisotopic (exact) mass is 517 g/mol. The first kappa shape index (κ1) is 28.8. The lowest BCUT2D eigenvalue weighted by Gasteiger charge is -2.56. The summed E-state index contributed by atoms with van der Waals surface area (Å²) in [6, 6.07) is -0.539. The SMILES string of the molecule is CC(C)(C)C1CC2CCC(C1C(C)(C)CC(C)(C)C1C3CCC(C3)C1C(C)(C)C)C2[N+](N=O)(N=O)N=O. The summed E-state index contributed by atoms with van der Waals surface area (Å²) in [5.74, 6) is 3.89. The van der Waals surface area contributed by atoms with E-state index in [4.69, 9.17) is 0 Å². The van der Waals surface area contributed by atoms with E-state index in [0.29, 0.717) is 17.3 Å². The Morgan fingerprint density at radius 1 is 0.595 bits per heavy atom. The van der Waals surface area contributed by atoms with Crippen molar-refractivity contribution in [1.82, 2.24) is 0 Å². The summed E-state index contributed by atoms with van der Waals surface area (Å²) < 4.78 is 0. The third kappa shape index (κ3) is 4.63. The zero-order valence-electron chi connectivity index (χ0n) is 25.2. The maximum atomic E-state index is 11.9. The van der Waals surface area contributed by atoms with Gasteiger partial charge in [0.25, 0.3) is 0 Å². The van der Waals surface area contributed by atoms with Gasteiger partial charge in [0.1, 0.15) is 0 Å². The highest BCUT2D eigenvalue weighted by molar-refractivity contribution is 5.09. The van der Waals surface area contributed by atoms with Gasteiger partial charge in [-0.25, -0.2) is 0 Å². The number of fused-ring (bicyclic) bond motifs is 4. The number of nitroso groups, excluding NO2 is 3. The number of hydrogen-bond acceptors (Lipinski definition) is 6. The first-order valence-electron chi connectivity index (χ1n) is 14.9. The van der Waals surface area contributed by atoms with Gasteiger partial charge in [0.05, 0.1) is 0 Å². The summed E-state index contributed by atoms with van der Waals surface area (Å²) in [6.07, 6.45) is 7.91. The normalized spacial score (nSPS) is 38.6. The van der Waals surface area contributed by atoms with E-state index in [2.05, 4.69) is 85.1 Å². The maximum Gasteiger partial charge on any atom is 0.219 e. The number of rotatable bonds is 8. The van der Waals surface area contributed by atoms with E-state index in [-0.39, 0.29) is 34.0 Å². The molecule has 37 heavy (non-hydrogen) atoms. The average Bonchev–Trinajstić information content (AvgIpc) is 3.46. The Bertz CT molecular complexity index is 880. The van der Waals surface area contributed by atoms with Gasteiger partial charge in [-0.05, 0) is 102 Å². The molecule has 7 heteroatoms. The van der Waals surface area contributed by atoms with E-state index in [9.17, 15) is 14.7 Å². The van der Waals surface area contributed by atoms with Crippen LogP contribution in [0.3, 0.4) is 0 Å². The van der Waals surface area contributed by atoms with Gasteiger partial charge < -0.3 is 0 Å². The predicted molar refractivity (Wildman–Crippen MR) is 148 cm³/mol. The molecule has 0 N–H and O–H groups in total. The summed E-state index contributed by atoms with van der Waals surface area (Å²) in [6.45, 7) is 24.2. The molecule has 9 unspecified atom stereocenters. The molecule has 0 amide bonds. The van der Waals surface area contributed by atoms with Crippen molar-refractivity contribution >= 4 is 0 Å². The summed E-state index contributed by atoms with van der Waals surface area (Å²) in [5.41, 5.74) is 0.488. The third-order valence-electron chi connectivity index (χ3n) is 11.7. The van der Waals surface area contributed by atoms with E-state index >= 15 is 0 Å². The smallest absolute Gasteiger partial charge is 0.0854 e. The van der Waals surface area contributed by atoms with Crippen molar-refractivity contribution in [2.45, 2.75) is 120 Å². The van der Waals surface area contributed by atoms with Crippen molar-refractivity contribution in [1.29, 1.82) is 0 Å². The van der Waals surface area contributed by atoms with Crippen LogP contribution < -0.4 is 0 Å². The van der Waals surface area contributed by atoms with Gasteiger partial charge in [-0.1, -0.05) is 84.0 Å². The van der Waals surface area contributed by atoms with E-state index in [0.717, 1.165) is 43.4 Å². The van der Waals surface area contributed by atoms with Crippen LogP contribution in [0.5, 0.6) is 0 Å². The van der Waals surface area contributed by atoms with E-state index in [1.165, 1.54) is 19.3 Å². The molecule has 4 fully saturated rings. The van der Waals surface area contributed by atoms with Crippen LogP contribution in [0.2, 0.25) is 0 Å². The molecule has 4 bridgehead atoms. The second-order valence-electron chi connectivity index (χ2n) is 17.0. The Balaban J connectivity index is 1.72. The van der Waals surface area contributed by atoms with E-state index in [1.54, 1.807) is 0 Å². The molecule has 4 aliphatic rings. The van der Waals surface area contributed by atoms with Crippen LogP contribution in [0.15, 0.2) is 15.9 Å². The Morgan fingerprint density at radius 3 is 1.57 bits per heavy atom. The Labute approximate surface area is 224 Å². The van der Waals surface area contributed by atoms with Gasteiger partial charge in [-0.3, -0.25) is 0 Å². The molecular formula is C30H53N4O3+. The van der Waals surface area contributed by atoms with Crippen molar-refractivity contribution in [3.8, 4) is 0 Å². The molecule has 0 saturated heterocycles. The molecule has 4 aliphatic carbocycles. The van der Waals surface area contributed by atoms with E-state index in [1.807, 2.05) is 0 Å². The summed E-state index contributed by atoms with van der Waals surface area (Å²) in [5, 5.41) is 8.86. The fraction of sp³-hybridized carbons (Fsp3) is 1.00. The zero-order chi connectivity index (χ0) is 27.8. The Kier molecular flexibility index (Phi) is 7.12. The van der Waals surface area contributed by atoms with Gasteiger partial charge >= 0.3 is 0 Å². The highest BCUT2D eigenvalue weighted by atomic mass is 16.5. The quantitative estimate of drug-likeness (QED) is 0.183. The van der Waals surface area contributed by atoms with Crippen molar-refractivity contribution in [3.05, 3.63) is 14.7 Å². The van der Waals surface area contributed by atoms with Gasteiger partial charge in [0, 0.05) is 11.8 Å². The zero-order valence-corrected chi connectivity index (χ0v) is 25.2. The largest absolute Gasteiger partial charge is 0.219 e. The van der Waals surface area contributed by atoms with Crippen LogP contribution in [0.25, 0.3) is 0 Å².